The summed E-state index contributed by atoms with van der Waals surface area (Å²) in [6.45, 7) is 1.44. The molecule has 1 aromatic rings. The summed E-state index contributed by atoms with van der Waals surface area (Å²) in [5.41, 5.74) is 0.639. The monoisotopic (exact) mass is 684 g/mol. The molecule has 0 bridgehead atoms. The average molecular weight is 684 g/mol. The van der Waals surface area contributed by atoms with Gasteiger partial charge in [0.15, 0.2) is 6.10 Å². The Balaban J connectivity index is 0.00000375. The Kier molecular flexibility index (Phi) is 19.7. The van der Waals surface area contributed by atoms with Crippen molar-refractivity contribution in [2.45, 2.75) is 44.4 Å². The Morgan fingerprint density at radius 1 is 1.17 bits per heavy atom. The minimum atomic E-state index is -1.20. The number of nitrogens with one attached hydrogen (secondary N) is 1. The fraction of sp³-hybridized carbons (Fsp3) is 0.545. The number of amides is 1. The number of terminal acetylenes is 1. The summed E-state index contributed by atoms with van der Waals surface area (Å²) in [4.78, 5) is 23.9. The van der Waals surface area contributed by atoms with E-state index in [9.17, 15) is 19.8 Å². The number of aliphatic carboxylic acids is 1. The summed E-state index contributed by atoms with van der Waals surface area (Å²) in [5, 5.41) is 31.2. The summed E-state index contributed by atoms with van der Waals surface area (Å²) in [7, 11) is 0. The number of carbonyl (C=O) groups is 2. The van der Waals surface area contributed by atoms with Crippen molar-refractivity contribution in [3.63, 3.8) is 0 Å². The maximum atomic E-state index is 12.7. The first-order chi connectivity index (χ1) is 16.4. The number of carbonyl (C=O) groups excluding carboxylic acids is 1. The van der Waals surface area contributed by atoms with E-state index in [2.05, 4.69) is 11.2 Å². The molecule has 0 aromatic heterocycles. The van der Waals surface area contributed by atoms with E-state index in [0.717, 1.165) is 23.0 Å². The van der Waals surface area contributed by atoms with E-state index in [1.165, 1.54) is 12.1 Å². The normalized spacial score (nSPS) is 18.8. The molecule has 1 heterocycles. The fourth-order valence-corrected chi connectivity index (χ4v) is 2.98. The minimum absolute atomic E-state index is 0. The summed E-state index contributed by atoms with van der Waals surface area (Å²) in [6, 6.07) is 4.53. The van der Waals surface area contributed by atoms with E-state index in [1.807, 2.05) is 0 Å². The second kappa shape index (κ2) is 20.2. The van der Waals surface area contributed by atoms with Crippen LogP contribution >= 0.6 is 23.0 Å². The average Bonchev–Trinajstić information content (AvgIpc) is 2.84. The van der Waals surface area contributed by atoms with Crippen LogP contribution in [-0.2, 0) is 58.3 Å². The molecular weight excluding hydrogens is 654 g/mol. The summed E-state index contributed by atoms with van der Waals surface area (Å²) < 4.78 is 28.7. The topological polar surface area (TPSA) is 164 Å². The number of carboxylic acids is 1. The van der Waals surface area contributed by atoms with Crippen LogP contribution in [0.3, 0.4) is 0 Å². The standard InChI is InChI=1S/C22H29NO9.HIO.Y/c1-2-3-7-29-9-10-30-8-6-23-21(26)17-11-15(14-24)4-5-18(17)31-20-13-16(25)12-19(32-20)22(27)28;1-2;/h1,4-5,11,16,19-20,24-25H,3,6-10,12-14H2,(H,23,26)(H,27,28);2H;. The van der Waals surface area contributed by atoms with E-state index in [0.29, 0.717) is 31.8 Å². The zero-order valence-corrected chi connectivity index (χ0v) is 24.1. The van der Waals surface area contributed by atoms with Crippen molar-refractivity contribution in [3.8, 4) is 18.1 Å². The number of benzene rings is 1. The van der Waals surface area contributed by atoms with E-state index < -0.39 is 30.4 Å². The minimum Gasteiger partial charge on any atom is -0.479 e. The summed E-state index contributed by atoms with van der Waals surface area (Å²) >= 11 is 1.15. The van der Waals surface area contributed by atoms with Crippen LogP contribution in [-0.4, -0.2) is 82.1 Å². The van der Waals surface area contributed by atoms with Crippen LogP contribution in [0.25, 0.3) is 0 Å². The number of carboxylic acid groups (broad SMARTS) is 1. The van der Waals surface area contributed by atoms with Gasteiger partial charge in [0.2, 0.25) is 6.29 Å². The number of halogens is 1. The van der Waals surface area contributed by atoms with Crippen molar-refractivity contribution in [1.29, 1.82) is 0 Å². The van der Waals surface area contributed by atoms with Gasteiger partial charge in [-0.15, -0.1) is 12.3 Å². The predicted octanol–water partition coefficient (Wildman–Crippen LogP) is 0.621. The number of aliphatic hydroxyl groups is 2. The number of ether oxygens (including phenoxy) is 4. The zero-order chi connectivity index (χ0) is 25.3. The molecule has 3 unspecified atom stereocenters. The molecule has 3 atom stereocenters. The number of hydrogen-bond acceptors (Lipinski definition) is 9. The molecule has 35 heavy (non-hydrogen) atoms. The molecule has 1 aliphatic rings. The molecule has 193 valence electrons. The van der Waals surface area contributed by atoms with E-state index in [4.69, 9.17) is 33.9 Å². The van der Waals surface area contributed by atoms with E-state index in [-0.39, 0.29) is 76.6 Å². The van der Waals surface area contributed by atoms with Gasteiger partial charge < -0.3 is 43.0 Å². The van der Waals surface area contributed by atoms with Crippen molar-refractivity contribution in [1.82, 2.24) is 5.32 Å². The third-order valence-corrected chi connectivity index (χ3v) is 4.57. The molecule has 1 amide bonds. The Hall–Kier alpha value is -0.886. The molecule has 11 nitrogen and oxygen atoms in total. The first kappa shape index (κ1) is 34.1. The largest absolute Gasteiger partial charge is 0.479 e. The molecule has 1 saturated heterocycles. The maximum absolute atomic E-state index is 12.7. The number of rotatable bonds is 13. The molecule has 0 aliphatic carbocycles. The molecule has 1 aliphatic heterocycles. The maximum Gasteiger partial charge on any atom is 0.333 e. The van der Waals surface area contributed by atoms with Gasteiger partial charge >= 0.3 is 5.97 Å². The van der Waals surface area contributed by atoms with Crippen molar-refractivity contribution in [2.75, 3.05) is 33.0 Å². The van der Waals surface area contributed by atoms with Crippen LogP contribution in [0.5, 0.6) is 5.75 Å². The second-order valence-corrected chi connectivity index (χ2v) is 7.06. The summed E-state index contributed by atoms with van der Waals surface area (Å²) in [5.74, 6) is 0.949. The van der Waals surface area contributed by atoms with Crippen LogP contribution < -0.4 is 10.1 Å². The van der Waals surface area contributed by atoms with Crippen molar-refractivity contribution >= 4 is 34.9 Å². The Bertz CT molecular complexity index is 807. The predicted molar refractivity (Wildman–Crippen MR) is 128 cm³/mol. The fourth-order valence-electron chi connectivity index (χ4n) is 2.98. The smallest absolute Gasteiger partial charge is 0.333 e. The molecule has 0 saturated carbocycles. The van der Waals surface area contributed by atoms with E-state index in [1.54, 1.807) is 6.07 Å². The molecule has 1 radical (unpaired) electrons. The van der Waals surface area contributed by atoms with Crippen molar-refractivity contribution in [3.05, 3.63) is 29.3 Å². The van der Waals surface area contributed by atoms with Gasteiger partial charge in [0, 0.05) is 58.5 Å². The van der Waals surface area contributed by atoms with Crippen LogP contribution in [0, 0.1) is 12.3 Å². The second-order valence-electron chi connectivity index (χ2n) is 7.06. The summed E-state index contributed by atoms with van der Waals surface area (Å²) in [6.07, 6.45) is 2.53. The third-order valence-electron chi connectivity index (χ3n) is 4.57. The zero-order valence-electron chi connectivity index (χ0n) is 19.1. The van der Waals surface area contributed by atoms with Crippen molar-refractivity contribution < 1.29 is 80.0 Å². The van der Waals surface area contributed by atoms with Gasteiger partial charge in [-0.1, -0.05) is 6.07 Å². The van der Waals surface area contributed by atoms with Gasteiger partial charge in [-0.05, 0) is 17.7 Å². The van der Waals surface area contributed by atoms with E-state index >= 15 is 0 Å². The Labute approximate surface area is 243 Å². The molecule has 0 spiro atoms. The Morgan fingerprint density at radius 3 is 2.49 bits per heavy atom. The SMILES string of the molecule is C#CCCOCCOCCNC(=O)c1cc(CO)ccc1OC1CC(O)CC(C(=O)O)O1.OI.[Y]. The van der Waals surface area contributed by atoms with Crippen LogP contribution in [0.2, 0.25) is 0 Å². The molecule has 5 N–H and O–H groups in total. The van der Waals surface area contributed by atoms with Crippen LogP contribution in [0.1, 0.15) is 35.2 Å². The first-order valence-corrected chi connectivity index (χ1v) is 11.4. The molecule has 2 rings (SSSR count). The first-order valence-electron chi connectivity index (χ1n) is 10.5. The van der Waals surface area contributed by atoms with Gasteiger partial charge in [-0.25, -0.2) is 4.79 Å². The quantitative estimate of drug-likeness (QED) is 0.113. The Morgan fingerprint density at radius 2 is 1.86 bits per heavy atom. The van der Waals surface area contributed by atoms with Gasteiger partial charge in [0.25, 0.3) is 5.91 Å². The number of aliphatic hydroxyl groups excluding tert-OH is 2. The molecule has 13 heteroatoms. The van der Waals surface area contributed by atoms with Crippen molar-refractivity contribution in [2.24, 2.45) is 0 Å². The van der Waals surface area contributed by atoms with Gasteiger partial charge in [-0.2, -0.15) is 0 Å². The molecule has 1 aromatic carbocycles. The molecule has 1 fully saturated rings. The molecular formula is C22H30INO10Y. The van der Waals surface area contributed by atoms with Gasteiger partial charge in [-0.3, -0.25) is 4.79 Å². The van der Waals surface area contributed by atoms with Gasteiger partial charge in [0.1, 0.15) is 28.8 Å². The number of hydrogen-bond donors (Lipinski definition) is 5. The van der Waals surface area contributed by atoms with Crippen LogP contribution in [0.4, 0.5) is 0 Å². The third kappa shape index (κ3) is 13.3. The van der Waals surface area contributed by atoms with Gasteiger partial charge in [0.05, 0.1) is 44.7 Å². The van der Waals surface area contributed by atoms with Crippen LogP contribution in [0.15, 0.2) is 18.2 Å².